The summed E-state index contributed by atoms with van der Waals surface area (Å²) in [6, 6.07) is 9.73. The molecule has 0 spiro atoms. The molecule has 2 aromatic rings. The number of aldehydes is 1. The van der Waals surface area contributed by atoms with Crippen molar-refractivity contribution in [2.75, 3.05) is 0 Å². The minimum atomic E-state index is 0.635. The normalized spacial score (nSPS) is 9.68. The van der Waals surface area contributed by atoms with Crippen molar-refractivity contribution in [3.8, 4) is 11.1 Å². The van der Waals surface area contributed by atoms with Crippen LogP contribution in [-0.4, -0.2) is 24.0 Å². The monoisotopic (exact) mass is 250 g/mol. The number of hydrogen-bond donors (Lipinski definition) is 0. The molecule has 1 aromatic carbocycles. The molecule has 0 radical (unpaired) electrons. The second kappa shape index (κ2) is 8.80. The fraction of sp³-hybridized carbons (Fsp3) is 0.312. The molecule has 3 heteroatoms. The molecule has 0 amide bonds. The second-order valence-electron chi connectivity index (χ2n) is 4.46. The fourth-order valence-electron chi connectivity index (χ4n) is 1.81. The van der Waals surface area contributed by atoms with Crippen molar-refractivity contribution in [2.45, 2.75) is 31.8 Å². The average Bonchev–Trinajstić information content (AvgIpc) is 2.82. The SMILES string of the molecule is Cc1occ(-c2ccccc2)c1C=O.[Li][CH2]CCC. The van der Waals surface area contributed by atoms with Gasteiger partial charge in [-0.3, -0.25) is 4.79 Å². The van der Waals surface area contributed by atoms with E-state index in [1.807, 2.05) is 30.3 Å². The van der Waals surface area contributed by atoms with Crippen molar-refractivity contribution >= 4 is 24.0 Å². The van der Waals surface area contributed by atoms with Crippen LogP contribution in [0.5, 0.6) is 0 Å². The summed E-state index contributed by atoms with van der Waals surface area (Å²) in [4.78, 5) is 10.8. The van der Waals surface area contributed by atoms with Crippen LogP contribution in [0.25, 0.3) is 11.1 Å². The van der Waals surface area contributed by atoms with Gasteiger partial charge in [0.1, 0.15) is 5.76 Å². The van der Waals surface area contributed by atoms with E-state index in [1.165, 1.54) is 17.9 Å². The van der Waals surface area contributed by atoms with Gasteiger partial charge >= 0.3 is 42.6 Å². The summed E-state index contributed by atoms with van der Waals surface area (Å²) in [5.74, 6) is 0.666. The molecule has 0 aliphatic rings. The first-order valence-corrected chi connectivity index (χ1v) is 6.83. The molecule has 0 atom stereocenters. The average molecular weight is 250 g/mol. The van der Waals surface area contributed by atoms with E-state index in [0.29, 0.717) is 11.3 Å². The standard InChI is InChI=1S/C12H10O2.C4H9.Li/c1-9-11(7-13)12(8-14-9)10-5-3-2-4-6-10;1-3-4-2;/h2-8H,1H3;1,3-4H2,2H3;. The van der Waals surface area contributed by atoms with Crippen molar-refractivity contribution < 1.29 is 9.21 Å². The summed E-state index contributed by atoms with van der Waals surface area (Å²) in [5.41, 5.74) is 2.50. The molecule has 2 rings (SSSR count). The van der Waals surface area contributed by atoms with Crippen LogP contribution in [0.2, 0.25) is 5.09 Å². The Kier molecular flexibility index (Phi) is 7.33. The maximum absolute atomic E-state index is 10.8. The molecule has 0 bridgehead atoms. The van der Waals surface area contributed by atoms with E-state index in [0.717, 1.165) is 17.4 Å². The fourth-order valence-corrected chi connectivity index (χ4v) is 1.81. The van der Waals surface area contributed by atoms with Crippen molar-refractivity contribution in [3.63, 3.8) is 0 Å². The quantitative estimate of drug-likeness (QED) is 0.593. The molecule has 96 valence electrons. The number of carbonyl (C=O) groups is 1. The van der Waals surface area contributed by atoms with Crippen LogP contribution in [0.3, 0.4) is 0 Å². The van der Waals surface area contributed by atoms with Crippen LogP contribution in [0.4, 0.5) is 0 Å². The Labute approximate surface area is 124 Å². The van der Waals surface area contributed by atoms with Gasteiger partial charge in [0.2, 0.25) is 0 Å². The first kappa shape index (κ1) is 15.8. The zero-order valence-corrected chi connectivity index (χ0v) is 12.0. The molecule has 0 N–H and O–H groups in total. The van der Waals surface area contributed by atoms with Crippen LogP contribution < -0.4 is 0 Å². The Morgan fingerprint density at radius 3 is 2.42 bits per heavy atom. The summed E-state index contributed by atoms with van der Waals surface area (Å²) in [5, 5.41) is 1.34. The van der Waals surface area contributed by atoms with E-state index in [9.17, 15) is 4.79 Å². The molecule has 0 fully saturated rings. The Morgan fingerprint density at radius 1 is 1.26 bits per heavy atom. The third kappa shape index (κ3) is 4.74. The van der Waals surface area contributed by atoms with E-state index in [4.69, 9.17) is 4.42 Å². The molecule has 0 unspecified atom stereocenters. The minimum absolute atomic E-state index is 0.635. The zero-order valence-electron chi connectivity index (χ0n) is 12.0. The molecule has 0 aliphatic heterocycles. The third-order valence-corrected chi connectivity index (χ3v) is 2.93. The number of unbranched alkanes of at least 4 members (excludes halogenated alkanes) is 1. The summed E-state index contributed by atoms with van der Waals surface area (Å²) in [6.07, 6.45) is 5.19. The summed E-state index contributed by atoms with van der Waals surface area (Å²) in [7, 11) is 0. The molecule has 19 heavy (non-hydrogen) atoms. The van der Waals surface area contributed by atoms with E-state index in [-0.39, 0.29) is 0 Å². The Balaban J connectivity index is 0.000000312. The van der Waals surface area contributed by atoms with Gasteiger partial charge in [-0.1, -0.05) is 30.3 Å². The molecular weight excluding hydrogens is 231 g/mol. The Bertz CT molecular complexity index is 487. The molecule has 1 aromatic heterocycles. The number of carbonyl (C=O) groups excluding carboxylic acids is 1. The van der Waals surface area contributed by atoms with E-state index in [2.05, 4.69) is 24.6 Å². The molecule has 1 heterocycles. The van der Waals surface area contributed by atoms with Crippen LogP contribution in [0.1, 0.15) is 35.9 Å². The van der Waals surface area contributed by atoms with E-state index >= 15 is 0 Å². The van der Waals surface area contributed by atoms with Crippen molar-refractivity contribution in [3.05, 3.63) is 47.9 Å². The van der Waals surface area contributed by atoms with Crippen molar-refractivity contribution in [1.29, 1.82) is 0 Å². The van der Waals surface area contributed by atoms with Gasteiger partial charge in [0.25, 0.3) is 0 Å². The third-order valence-electron chi connectivity index (χ3n) is 2.93. The number of benzene rings is 1. The number of hydrogen-bond acceptors (Lipinski definition) is 2. The van der Waals surface area contributed by atoms with Gasteiger partial charge in [0, 0.05) is 5.56 Å². The summed E-state index contributed by atoms with van der Waals surface area (Å²) in [6.45, 7) is 4.00. The molecule has 0 saturated heterocycles. The number of rotatable bonds is 4. The van der Waals surface area contributed by atoms with Crippen LogP contribution in [0, 0.1) is 6.92 Å². The Morgan fingerprint density at radius 2 is 1.95 bits per heavy atom. The van der Waals surface area contributed by atoms with Crippen molar-refractivity contribution in [1.82, 2.24) is 0 Å². The first-order chi connectivity index (χ1) is 9.24. The van der Waals surface area contributed by atoms with E-state index in [1.54, 1.807) is 13.2 Å². The van der Waals surface area contributed by atoms with Crippen LogP contribution in [-0.2, 0) is 0 Å². The number of furan rings is 1. The van der Waals surface area contributed by atoms with Gasteiger partial charge < -0.3 is 4.42 Å². The van der Waals surface area contributed by atoms with Gasteiger partial charge in [0.15, 0.2) is 6.29 Å². The van der Waals surface area contributed by atoms with Gasteiger partial charge in [-0.15, -0.1) is 0 Å². The van der Waals surface area contributed by atoms with E-state index < -0.39 is 0 Å². The summed E-state index contributed by atoms with van der Waals surface area (Å²) < 4.78 is 5.21. The predicted molar refractivity (Wildman–Crippen MR) is 79.7 cm³/mol. The van der Waals surface area contributed by atoms with Gasteiger partial charge in [-0.2, -0.15) is 0 Å². The second-order valence-corrected chi connectivity index (χ2v) is 4.46. The predicted octanol–water partition coefficient (Wildman–Crippen LogP) is 4.44. The number of aryl methyl sites for hydroxylation is 1. The zero-order chi connectivity index (χ0) is 14.1. The van der Waals surface area contributed by atoms with Crippen LogP contribution >= 0.6 is 0 Å². The molecule has 0 saturated carbocycles. The topological polar surface area (TPSA) is 30.2 Å². The van der Waals surface area contributed by atoms with Crippen LogP contribution in [0.15, 0.2) is 41.0 Å². The van der Waals surface area contributed by atoms with Gasteiger partial charge in [-0.25, -0.2) is 0 Å². The summed E-state index contributed by atoms with van der Waals surface area (Å²) >= 11 is 2.21. The molecular formula is C16H19LiO2. The molecule has 0 aliphatic carbocycles. The molecule has 2 nitrogen and oxygen atoms in total. The van der Waals surface area contributed by atoms with Crippen molar-refractivity contribution in [2.24, 2.45) is 0 Å². The Hall–Kier alpha value is -1.23. The van der Waals surface area contributed by atoms with Gasteiger partial charge in [0.05, 0.1) is 11.8 Å². The van der Waals surface area contributed by atoms with Gasteiger partial charge in [-0.05, 0) is 12.5 Å². The maximum atomic E-state index is 10.8. The first-order valence-electron chi connectivity index (χ1n) is 6.83.